The molecule has 1 atom stereocenters. The Hall–Kier alpha value is -2.06. The van der Waals surface area contributed by atoms with Crippen LogP contribution in [0.25, 0.3) is 0 Å². The average Bonchev–Trinajstić information content (AvgIpc) is 2.53. The summed E-state index contributed by atoms with van der Waals surface area (Å²) in [6.07, 6.45) is 0. The number of halogens is 2. The highest BCUT2D eigenvalue weighted by molar-refractivity contribution is 6.31. The van der Waals surface area contributed by atoms with E-state index in [0.29, 0.717) is 21.3 Å². The second-order valence-corrected chi connectivity index (χ2v) is 5.94. The van der Waals surface area contributed by atoms with E-state index in [0.717, 1.165) is 5.56 Å². The number of amides is 1. The van der Waals surface area contributed by atoms with Crippen LogP contribution in [-0.4, -0.2) is 12.5 Å². The summed E-state index contributed by atoms with van der Waals surface area (Å²) in [6, 6.07) is 14.4. The van der Waals surface area contributed by atoms with E-state index >= 15 is 0 Å². The van der Waals surface area contributed by atoms with Crippen molar-refractivity contribution in [3.05, 3.63) is 63.6 Å². The minimum Gasteiger partial charge on any atom is -0.332 e. The van der Waals surface area contributed by atoms with Gasteiger partial charge in [-0.3, -0.25) is 4.79 Å². The molecule has 0 unspecified atom stereocenters. The molecule has 6 heteroatoms. The molecule has 23 heavy (non-hydrogen) atoms. The van der Waals surface area contributed by atoms with Crippen LogP contribution in [0, 0.1) is 11.3 Å². The normalized spacial score (nSPS) is 11.6. The molecule has 2 rings (SSSR count). The number of nitrogens with one attached hydrogen (secondary N) is 1. The molecule has 0 heterocycles. The topological polar surface area (TPSA) is 69.5 Å². The quantitative estimate of drug-likeness (QED) is 0.871. The Labute approximate surface area is 145 Å². The maximum absolute atomic E-state index is 12.1. The van der Waals surface area contributed by atoms with Crippen molar-refractivity contribution < 1.29 is 10.1 Å². The second kappa shape index (κ2) is 7.98. The van der Waals surface area contributed by atoms with Crippen LogP contribution in [0.4, 0.5) is 5.69 Å². The molecular formula is C17H16Cl2N3O+. The highest BCUT2D eigenvalue weighted by atomic mass is 35.5. The Kier molecular flexibility index (Phi) is 6.00. The molecule has 0 saturated heterocycles. The van der Waals surface area contributed by atoms with E-state index in [1.54, 1.807) is 18.2 Å². The first-order valence-electron chi connectivity index (χ1n) is 7.08. The number of benzene rings is 2. The zero-order valence-corrected chi connectivity index (χ0v) is 14.0. The highest BCUT2D eigenvalue weighted by Gasteiger charge is 2.15. The van der Waals surface area contributed by atoms with Gasteiger partial charge in [-0.1, -0.05) is 41.4 Å². The van der Waals surface area contributed by atoms with Crippen molar-refractivity contribution in [1.82, 2.24) is 0 Å². The lowest BCUT2D eigenvalue weighted by molar-refractivity contribution is -0.682. The molecule has 0 aromatic heterocycles. The smallest absolute Gasteiger partial charge is 0.279 e. The van der Waals surface area contributed by atoms with Gasteiger partial charge in [-0.2, -0.15) is 5.26 Å². The van der Waals surface area contributed by atoms with Crippen LogP contribution in [0.5, 0.6) is 0 Å². The van der Waals surface area contributed by atoms with Gasteiger partial charge in [-0.25, -0.2) is 0 Å². The van der Waals surface area contributed by atoms with Crippen molar-refractivity contribution in [2.24, 2.45) is 0 Å². The molecule has 0 bridgehead atoms. The summed E-state index contributed by atoms with van der Waals surface area (Å²) in [7, 11) is 0. The van der Waals surface area contributed by atoms with Gasteiger partial charge in [0.1, 0.15) is 12.1 Å². The number of hydrogen-bond acceptors (Lipinski definition) is 2. The average molecular weight is 349 g/mol. The number of carbonyl (C=O) groups is 1. The molecule has 118 valence electrons. The maximum atomic E-state index is 12.1. The molecule has 0 radical (unpaired) electrons. The van der Waals surface area contributed by atoms with Gasteiger partial charge in [-0.15, -0.1) is 0 Å². The fourth-order valence-corrected chi connectivity index (χ4v) is 2.65. The van der Waals surface area contributed by atoms with Crippen LogP contribution in [0.15, 0.2) is 42.5 Å². The van der Waals surface area contributed by atoms with Crippen molar-refractivity contribution in [2.75, 3.05) is 11.9 Å². The number of anilines is 1. The number of carbonyl (C=O) groups excluding carboxylic acids is 1. The molecule has 0 aliphatic carbocycles. The molecule has 0 fully saturated rings. The summed E-state index contributed by atoms with van der Waals surface area (Å²) in [5.74, 6) is -0.206. The predicted octanol–water partition coefficient (Wildman–Crippen LogP) is 3.13. The van der Waals surface area contributed by atoms with Crippen molar-refractivity contribution in [3.63, 3.8) is 0 Å². The minimum atomic E-state index is -0.206. The molecular weight excluding hydrogens is 333 g/mol. The Balaban J connectivity index is 1.97. The Morgan fingerprint density at radius 3 is 2.74 bits per heavy atom. The first-order chi connectivity index (χ1) is 11.0. The van der Waals surface area contributed by atoms with Gasteiger partial charge in [0, 0.05) is 15.6 Å². The zero-order chi connectivity index (χ0) is 16.8. The number of nitrogens with two attached hydrogens (primary N) is 1. The summed E-state index contributed by atoms with van der Waals surface area (Å²) in [6.45, 7) is 2.19. The molecule has 4 nitrogen and oxygen atoms in total. The molecule has 0 aliphatic rings. The number of nitrogens with zero attached hydrogens (tertiary/aromatic N) is 1. The van der Waals surface area contributed by atoms with Crippen molar-refractivity contribution >= 4 is 34.8 Å². The second-order valence-electron chi connectivity index (χ2n) is 5.10. The standard InChI is InChI=1S/C17H15Cl2N3O/c1-11(14-4-2-3-5-15(14)19)21-10-17(23)22-16-8-13(18)7-6-12(16)9-20/h2-8,11,21H,10H2,1H3,(H,22,23)/p+1/t11-/m0/s1. The molecule has 0 spiro atoms. The fraction of sp³-hybridized carbons (Fsp3) is 0.176. The molecule has 2 aromatic carbocycles. The Morgan fingerprint density at radius 2 is 2.04 bits per heavy atom. The van der Waals surface area contributed by atoms with Crippen molar-refractivity contribution in [2.45, 2.75) is 13.0 Å². The highest BCUT2D eigenvalue weighted by Crippen LogP contribution is 2.21. The zero-order valence-electron chi connectivity index (χ0n) is 12.5. The fourth-order valence-electron chi connectivity index (χ4n) is 2.17. The van der Waals surface area contributed by atoms with Gasteiger partial charge in [0.2, 0.25) is 0 Å². The number of rotatable bonds is 5. The van der Waals surface area contributed by atoms with Crippen LogP contribution >= 0.6 is 23.2 Å². The van der Waals surface area contributed by atoms with Gasteiger partial charge in [0.25, 0.3) is 5.91 Å². The van der Waals surface area contributed by atoms with Crippen LogP contribution in [0.1, 0.15) is 24.1 Å². The van der Waals surface area contributed by atoms with Gasteiger partial charge in [-0.05, 0) is 31.2 Å². The van der Waals surface area contributed by atoms with Crippen LogP contribution < -0.4 is 10.6 Å². The molecule has 1 amide bonds. The van der Waals surface area contributed by atoms with Crippen molar-refractivity contribution in [1.29, 1.82) is 5.26 Å². The third-order valence-electron chi connectivity index (χ3n) is 3.43. The summed E-state index contributed by atoms with van der Waals surface area (Å²) in [5, 5.41) is 14.8. The number of quaternary nitrogens is 1. The minimum absolute atomic E-state index is 0.0456. The Bertz CT molecular complexity index is 756. The lowest BCUT2D eigenvalue weighted by Gasteiger charge is -2.13. The van der Waals surface area contributed by atoms with Crippen molar-refractivity contribution in [3.8, 4) is 6.07 Å². The summed E-state index contributed by atoms with van der Waals surface area (Å²) >= 11 is 12.0. The van der Waals surface area contributed by atoms with E-state index in [9.17, 15) is 4.79 Å². The van der Waals surface area contributed by atoms with Crippen LogP contribution in [0.3, 0.4) is 0 Å². The lowest BCUT2D eigenvalue weighted by atomic mass is 10.1. The summed E-state index contributed by atoms with van der Waals surface area (Å²) < 4.78 is 0. The predicted molar refractivity (Wildman–Crippen MR) is 91.5 cm³/mol. The summed E-state index contributed by atoms with van der Waals surface area (Å²) in [5.41, 5.74) is 1.77. The van der Waals surface area contributed by atoms with E-state index in [-0.39, 0.29) is 18.5 Å². The molecule has 3 N–H and O–H groups in total. The van der Waals surface area contributed by atoms with E-state index in [2.05, 4.69) is 5.32 Å². The van der Waals surface area contributed by atoms with E-state index < -0.39 is 0 Å². The molecule has 0 saturated carbocycles. The van der Waals surface area contributed by atoms with Gasteiger partial charge < -0.3 is 10.6 Å². The molecule has 2 aromatic rings. The van der Waals surface area contributed by atoms with E-state index in [1.807, 2.05) is 42.6 Å². The monoisotopic (exact) mass is 348 g/mol. The number of nitriles is 1. The third kappa shape index (κ3) is 4.70. The largest absolute Gasteiger partial charge is 0.332 e. The molecule has 0 aliphatic heterocycles. The van der Waals surface area contributed by atoms with Gasteiger partial charge in [0.15, 0.2) is 6.54 Å². The van der Waals surface area contributed by atoms with Crippen LogP contribution in [-0.2, 0) is 4.79 Å². The van der Waals surface area contributed by atoms with E-state index in [1.165, 1.54) is 0 Å². The lowest BCUT2D eigenvalue weighted by Crippen LogP contribution is -2.86. The first kappa shape index (κ1) is 17.3. The Morgan fingerprint density at radius 1 is 1.30 bits per heavy atom. The van der Waals surface area contributed by atoms with Gasteiger partial charge in [0.05, 0.1) is 11.3 Å². The summed E-state index contributed by atoms with van der Waals surface area (Å²) in [4.78, 5) is 12.1. The van der Waals surface area contributed by atoms with E-state index in [4.69, 9.17) is 28.5 Å². The third-order valence-corrected chi connectivity index (χ3v) is 4.01. The SMILES string of the molecule is C[C@H]([NH2+]CC(=O)Nc1cc(Cl)ccc1C#N)c1ccccc1Cl. The van der Waals surface area contributed by atoms with Gasteiger partial charge >= 0.3 is 0 Å². The maximum Gasteiger partial charge on any atom is 0.279 e. The first-order valence-corrected chi connectivity index (χ1v) is 7.84. The number of hydrogen-bond donors (Lipinski definition) is 2. The van der Waals surface area contributed by atoms with Crippen LogP contribution in [0.2, 0.25) is 10.0 Å².